The topological polar surface area (TPSA) is 70.2 Å². The van der Waals surface area contributed by atoms with Gasteiger partial charge in [-0.05, 0) is 36.4 Å². The maximum atomic E-state index is 13.1. The summed E-state index contributed by atoms with van der Waals surface area (Å²) in [4.78, 5) is 17.3. The third kappa shape index (κ3) is 4.19. The molecule has 4 rings (SSSR count). The SMILES string of the molecule is COc1ccccc1N1CCN(C(=O)[C@H]2CCCN(S(=O)(=O)c3cccs3)C2)CC1. The van der Waals surface area contributed by atoms with E-state index in [-0.39, 0.29) is 18.4 Å². The minimum absolute atomic E-state index is 0.0701. The molecule has 30 heavy (non-hydrogen) atoms. The molecule has 2 aliphatic rings. The van der Waals surface area contributed by atoms with E-state index in [2.05, 4.69) is 4.90 Å². The van der Waals surface area contributed by atoms with Crippen molar-refractivity contribution in [1.82, 2.24) is 9.21 Å². The molecule has 0 N–H and O–H groups in total. The van der Waals surface area contributed by atoms with Crippen molar-refractivity contribution in [2.75, 3.05) is 51.3 Å². The van der Waals surface area contributed by atoms with Crippen LogP contribution in [0.2, 0.25) is 0 Å². The zero-order valence-electron chi connectivity index (χ0n) is 17.1. The predicted octanol–water partition coefficient (Wildman–Crippen LogP) is 2.51. The van der Waals surface area contributed by atoms with Gasteiger partial charge in [0.2, 0.25) is 5.91 Å². The molecule has 0 aliphatic carbocycles. The van der Waals surface area contributed by atoms with Gasteiger partial charge in [-0.3, -0.25) is 4.79 Å². The Morgan fingerprint density at radius 3 is 2.53 bits per heavy atom. The van der Waals surface area contributed by atoms with Gasteiger partial charge in [-0.1, -0.05) is 18.2 Å². The molecule has 3 heterocycles. The number of thiophene rings is 1. The maximum Gasteiger partial charge on any atom is 0.252 e. The summed E-state index contributed by atoms with van der Waals surface area (Å²) in [5, 5.41) is 1.76. The minimum atomic E-state index is -3.51. The maximum absolute atomic E-state index is 13.1. The Bertz CT molecular complexity index is 970. The minimum Gasteiger partial charge on any atom is -0.495 e. The summed E-state index contributed by atoms with van der Waals surface area (Å²) in [6.07, 6.45) is 1.45. The third-order valence-electron chi connectivity index (χ3n) is 5.84. The van der Waals surface area contributed by atoms with Crippen LogP contribution in [0.1, 0.15) is 12.8 Å². The molecule has 0 unspecified atom stereocenters. The highest BCUT2D eigenvalue weighted by Gasteiger charge is 2.36. The highest BCUT2D eigenvalue weighted by Crippen LogP contribution is 2.30. The lowest BCUT2D eigenvalue weighted by molar-refractivity contribution is -0.137. The first-order chi connectivity index (χ1) is 14.5. The van der Waals surface area contributed by atoms with Crippen LogP contribution in [0.3, 0.4) is 0 Å². The molecule has 1 amide bonds. The molecule has 1 aromatic carbocycles. The summed E-state index contributed by atoms with van der Waals surface area (Å²) in [6, 6.07) is 11.3. The molecule has 2 aliphatic heterocycles. The number of sulfonamides is 1. The number of ether oxygens (including phenoxy) is 1. The van der Waals surface area contributed by atoms with Crippen LogP contribution in [-0.4, -0.2) is 69.9 Å². The van der Waals surface area contributed by atoms with Crippen molar-refractivity contribution < 1.29 is 17.9 Å². The molecular weight excluding hydrogens is 422 g/mol. The summed E-state index contributed by atoms with van der Waals surface area (Å²) in [5.74, 6) is 0.631. The smallest absolute Gasteiger partial charge is 0.252 e. The number of methoxy groups -OCH3 is 1. The highest BCUT2D eigenvalue weighted by molar-refractivity contribution is 7.91. The zero-order chi connectivity index (χ0) is 21.1. The Morgan fingerprint density at radius 1 is 1.07 bits per heavy atom. The third-order valence-corrected chi connectivity index (χ3v) is 9.08. The molecule has 0 saturated carbocycles. The molecule has 9 heteroatoms. The number of hydrogen-bond donors (Lipinski definition) is 0. The van der Waals surface area contributed by atoms with Crippen LogP contribution < -0.4 is 9.64 Å². The van der Waals surface area contributed by atoms with Gasteiger partial charge in [0, 0.05) is 39.3 Å². The second kappa shape index (κ2) is 8.95. The zero-order valence-corrected chi connectivity index (χ0v) is 18.7. The quantitative estimate of drug-likeness (QED) is 0.702. The molecule has 1 atom stereocenters. The molecule has 0 bridgehead atoms. The van der Waals surface area contributed by atoms with Gasteiger partial charge >= 0.3 is 0 Å². The van der Waals surface area contributed by atoms with Crippen LogP contribution in [-0.2, 0) is 14.8 Å². The highest BCUT2D eigenvalue weighted by atomic mass is 32.2. The molecule has 0 radical (unpaired) electrons. The van der Waals surface area contributed by atoms with Crippen molar-refractivity contribution in [2.24, 2.45) is 5.92 Å². The number of carbonyl (C=O) groups excluding carboxylic acids is 1. The second-order valence-corrected chi connectivity index (χ2v) is 10.7. The largest absolute Gasteiger partial charge is 0.495 e. The van der Waals surface area contributed by atoms with Gasteiger partial charge in [-0.25, -0.2) is 8.42 Å². The average molecular weight is 450 g/mol. The standard InChI is InChI=1S/C21H27N3O4S2/c1-28-19-8-3-2-7-18(19)22-11-13-23(14-12-22)21(25)17-6-4-10-24(16-17)30(26,27)20-9-5-15-29-20/h2-3,5,7-9,15,17H,4,6,10-14,16H2,1H3/t17-/m0/s1. The lowest BCUT2D eigenvalue weighted by Crippen LogP contribution is -2.53. The summed E-state index contributed by atoms with van der Waals surface area (Å²) in [6.45, 7) is 3.47. The number of amides is 1. The lowest BCUT2D eigenvalue weighted by atomic mass is 9.97. The van der Waals surface area contributed by atoms with E-state index in [0.29, 0.717) is 30.3 Å². The first-order valence-electron chi connectivity index (χ1n) is 10.2. The molecular formula is C21H27N3O4S2. The predicted molar refractivity (Wildman–Crippen MR) is 118 cm³/mol. The lowest BCUT2D eigenvalue weighted by Gasteiger charge is -2.39. The van der Waals surface area contributed by atoms with Crippen molar-refractivity contribution in [3.05, 3.63) is 41.8 Å². The van der Waals surface area contributed by atoms with E-state index >= 15 is 0 Å². The van der Waals surface area contributed by atoms with E-state index < -0.39 is 10.0 Å². The van der Waals surface area contributed by atoms with Crippen LogP contribution in [0.5, 0.6) is 5.75 Å². The molecule has 2 saturated heterocycles. The van der Waals surface area contributed by atoms with Gasteiger partial charge in [0.25, 0.3) is 10.0 Å². The monoisotopic (exact) mass is 449 g/mol. The Morgan fingerprint density at radius 2 is 1.83 bits per heavy atom. The number of rotatable bonds is 5. The number of carbonyl (C=O) groups is 1. The molecule has 2 fully saturated rings. The van der Waals surface area contributed by atoms with E-state index in [9.17, 15) is 13.2 Å². The van der Waals surface area contributed by atoms with Gasteiger partial charge in [0.05, 0.1) is 18.7 Å². The Labute approximate surface area is 181 Å². The van der Waals surface area contributed by atoms with Crippen molar-refractivity contribution in [2.45, 2.75) is 17.1 Å². The fourth-order valence-electron chi connectivity index (χ4n) is 4.22. The van der Waals surface area contributed by atoms with Crippen molar-refractivity contribution in [1.29, 1.82) is 0 Å². The van der Waals surface area contributed by atoms with Gasteiger partial charge in [0.1, 0.15) is 9.96 Å². The number of para-hydroxylation sites is 2. The van der Waals surface area contributed by atoms with Crippen LogP contribution in [0, 0.1) is 5.92 Å². The summed E-state index contributed by atoms with van der Waals surface area (Å²) >= 11 is 1.22. The fourth-order valence-corrected chi connectivity index (χ4v) is 6.89. The molecule has 7 nitrogen and oxygen atoms in total. The Balaban J connectivity index is 1.38. The van der Waals surface area contributed by atoms with Crippen LogP contribution >= 0.6 is 11.3 Å². The van der Waals surface area contributed by atoms with Crippen molar-refractivity contribution in [3.63, 3.8) is 0 Å². The normalized spacial score (nSPS) is 20.9. The van der Waals surface area contributed by atoms with E-state index in [0.717, 1.165) is 30.9 Å². The number of anilines is 1. The number of piperazine rings is 1. The number of piperidine rings is 1. The van der Waals surface area contributed by atoms with Gasteiger partial charge in [0.15, 0.2) is 0 Å². The van der Waals surface area contributed by atoms with Gasteiger partial charge in [-0.15, -0.1) is 11.3 Å². The molecule has 2 aromatic rings. The van der Waals surface area contributed by atoms with Crippen LogP contribution in [0.4, 0.5) is 5.69 Å². The summed E-state index contributed by atoms with van der Waals surface area (Å²) in [5.41, 5.74) is 1.04. The fraction of sp³-hybridized carbons (Fsp3) is 0.476. The van der Waals surface area contributed by atoms with E-state index in [1.165, 1.54) is 15.6 Å². The number of nitrogens with zero attached hydrogens (tertiary/aromatic N) is 3. The van der Waals surface area contributed by atoms with Gasteiger partial charge < -0.3 is 14.5 Å². The number of hydrogen-bond acceptors (Lipinski definition) is 6. The molecule has 1 aromatic heterocycles. The van der Waals surface area contributed by atoms with E-state index in [1.807, 2.05) is 29.2 Å². The first-order valence-corrected chi connectivity index (χ1v) is 12.5. The van der Waals surface area contributed by atoms with E-state index in [1.54, 1.807) is 24.6 Å². The Hall–Kier alpha value is -2.10. The molecule has 162 valence electrons. The number of benzene rings is 1. The van der Waals surface area contributed by atoms with Crippen molar-refractivity contribution >= 4 is 33.0 Å². The second-order valence-electron chi connectivity index (χ2n) is 7.62. The summed E-state index contributed by atoms with van der Waals surface area (Å²) in [7, 11) is -1.85. The van der Waals surface area contributed by atoms with Crippen molar-refractivity contribution in [3.8, 4) is 5.75 Å². The Kier molecular flexibility index (Phi) is 6.31. The first kappa shape index (κ1) is 21.1. The average Bonchev–Trinajstić information content (AvgIpc) is 3.35. The van der Waals surface area contributed by atoms with Crippen LogP contribution in [0.15, 0.2) is 46.0 Å². The summed E-state index contributed by atoms with van der Waals surface area (Å²) < 4.78 is 33.0. The van der Waals surface area contributed by atoms with E-state index in [4.69, 9.17) is 4.74 Å². The molecule has 0 spiro atoms. The van der Waals surface area contributed by atoms with Crippen LogP contribution in [0.25, 0.3) is 0 Å². The van der Waals surface area contributed by atoms with Gasteiger partial charge in [-0.2, -0.15) is 4.31 Å².